The maximum absolute atomic E-state index is 4.16. The Morgan fingerprint density at radius 3 is 2.93 bits per heavy atom. The van der Waals surface area contributed by atoms with Crippen molar-refractivity contribution in [3.63, 3.8) is 0 Å². The van der Waals surface area contributed by atoms with E-state index in [4.69, 9.17) is 0 Å². The van der Waals surface area contributed by atoms with Crippen LogP contribution in [0, 0.1) is 5.92 Å². The molecule has 0 saturated heterocycles. The first kappa shape index (κ1) is 9.97. The van der Waals surface area contributed by atoms with Crippen LogP contribution in [0.15, 0.2) is 22.9 Å². The first-order valence-corrected chi connectivity index (χ1v) is 5.86. The van der Waals surface area contributed by atoms with Gasteiger partial charge in [0, 0.05) is 24.3 Å². The minimum absolute atomic E-state index is 0.998. The zero-order valence-corrected chi connectivity index (χ0v) is 10.00. The lowest BCUT2D eigenvalue weighted by Crippen LogP contribution is -2.18. The highest BCUT2D eigenvalue weighted by molar-refractivity contribution is 9.10. The van der Waals surface area contributed by atoms with Crippen LogP contribution in [0.2, 0.25) is 0 Å². The molecule has 1 fully saturated rings. The predicted molar refractivity (Wildman–Crippen MR) is 62.5 cm³/mol. The number of halogens is 1. The third-order valence-corrected chi connectivity index (χ3v) is 3.13. The molecule has 1 aliphatic carbocycles. The fraction of sp³-hybridized carbons (Fsp3) is 0.545. The van der Waals surface area contributed by atoms with Crippen molar-refractivity contribution in [1.82, 2.24) is 4.98 Å². The Morgan fingerprint density at radius 2 is 2.29 bits per heavy atom. The van der Waals surface area contributed by atoms with Gasteiger partial charge >= 0.3 is 0 Å². The molecular formula is C11H15BrN2. The first-order chi connectivity index (χ1) is 6.75. The topological polar surface area (TPSA) is 16.1 Å². The Kier molecular flexibility index (Phi) is 3.06. The van der Waals surface area contributed by atoms with E-state index in [0.29, 0.717) is 0 Å². The first-order valence-electron chi connectivity index (χ1n) is 5.07. The summed E-state index contributed by atoms with van der Waals surface area (Å²) in [7, 11) is 2.13. The molecule has 2 rings (SSSR count). The van der Waals surface area contributed by atoms with E-state index in [0.717, 1.165) is 16.9 Å². The van der Waals surface area contributed by atoms with Crippen molar-refractivity contribution in [3.8, 4) is 0 Å². The number of rotatable bonds is 4. The van der Waals surface area contributed by atoms with E-state index >= 15 is 0 Å². The van der Waals surface area contributed by atoms with Gasteiger partial charge in [0.25, 0.3) is 0 Å². The van der Waals surface area contributed by atoms with Gasteiger partial charge in [-0.3, -0.25) is 4.98 Å². The molecular weight excluding hydrogens is 240 g/mol. The number of pyridine rings is 1. The third-order valence-electron chi connectivity index (χ3n) is 2.70. The van der Waals surface area contributed by atoms with Crippen LogP contribution >= 0.6 is 15.9 Å². The van der Waals surface area contributed by atoms with Gasteiger partial charge in [-0.05, 0) is 34.3 Å². The lowest BCUT2D eigenvalue weighted by Gasteiger charge is -2.18. The van der Waals surface area contributed by atoms with Gasteiger partial charge in [0.2, 0.25) is 0 Å². The van der Waals surface area contributed by atoms with E-state index in [-0.39, 0.29) is 0 Å². The summed E-state index contributed by atoms with van der Waals surface area (Å²) in [5.74, 6) is 0.998. The molecule has 2 nitrogen and oxygen atoms in total. The standard InChI is InChI=1S/C11H15BrN2/c1-14(5-4-9-2-3-9)11-6-10(12)7-13-8-11/h6-9H,2-5H2,1H3. The molecule has 1 saturated carbocycles. The van der Waals surface area contributed by atoms with E-state index in [1.165, 1.54) is 24.9 Å². The molecule has 1 aliphatic rings. The Morgan fingerprint density at radius 1 is 1.50 bits per heavy atom. The van der Waals surface area contributed by atoms with E-state index in [9.17, 15) is 0 Å². The van der Waals surface area contributed by atoms with Gasteiger partial charge in [0.05, 0.1) is 11.9 Å². The molecule has 0 aliphatic heterocycles. The summed E-state index contributed by atoms with van der Waals surface area (Å²) in [5, 5.41) is 0. The summed E-state index contributed by atoms with van der Waals surface area (Å²) in [6.07, 6.45) is 7.92. The average molecular weight is 255 g/mol. The molecule has 1 heterocycles. The monoisotopic (exact) mass is 254 g/mol. The SMILES string of the molecule is CN(CCC1CC1)c1cncc(Br)c1. The van der Waals surface area contributed by atoms with Gasteiger partial charge in [-0.25, -0.2) is 0 Å². The summed E-state index contributed by atoms with van der Waals surface area (Å²) in [5.41, 5.74) is 1.19. The minimum atomic E-state index is 0.998. The molecule has 76 valence electrons. The molecule has 0 unspecified atom stereocenters. The maximum atomic E-state index is 4.16. The number of anilines is 1. The van der Waals surface area contributed by atoms with Crippen molar-refractivity contribution in [2.75, 3.05) is 18.5 Å². The molecule has 0 spiro atoms. The number of aromatic nitrogens is 1. The molecule has 0 aromatic carbocycles. The summed E-state index contributed by atoms with van der Waals surface area (Å²) in [6.45, 7) is 1.14. The number of hydrogen-bond donors (Lipinski definition) is 0. The fourth-order valence-corrected chi connectivity index (χ4v) is 1.87. The van der Waals surface area contributed by atoms with Crippen LogP contribution in [-0.4, -0.2) is 18.6 Å². The van der Waals surface area contributed by atoms with Crippen LogP contribution < -0.4 is 4.90 Å². The van der Waals surface area contributed by atoms with Gasteiger partial charge in [-0.15, -0.1) is 0 Å². The lowest BCUT2D eigenvalue weighted by molar-refractivity contribution is 0.710. The fourth-order valence-electron chi connectivity index (χ4n) is 1.52. The summed E-state index contributed by atoms with van der Waals surface area (Å²) in [4.78, 5) is 6.43. The third kappa shape index (κ3) is 2.71. The van der Waals surface area contributed by atoms with E-state index in [2.05, 4.69) is 38.9 Å². The van der Waals surface area contributed by atoms with Gasteiger partial charge in [-0.1, -0.05) is 12.8 Å². The molecule has 0 bridgehead atoms. The van der Waals surface area contributed by atoms with Crippen LogP contribution in [0.4, 0.5) is 5.69 Å². The molecule has 0 amide bonds. The Bertz CT molecular complexity index is 310. The van der Waals surface area contributed by atoms with Crippen molar-refractivity contribution in [3.05, 3.63) is 22.9 Å². The number of nitrogens with zero attached hydrogens (tertiary/aromatic N) is 2. The Labute approximate surface area is 93.5 Å². The highest BCUT2D eigenvalue weighted by atomic mass is 79.9. The van der Waals surface area contributed by atoms with Gasteiger partial charge in [0.1, 0.15) is 0 Å². The molecule has 14 heavy (non-hydrogen) atoms. The summed E-state index contributed by atoms with van der Waals surface area (Å²) >= 11 is 3.43. The van der Waals surface area contributed by atoms with Gasteiger partial charge in [-0.2, -0.15) is 0 Å². The van der Waals surface area contributed by atoms with Crippen molar-refractivity contribution < 1.29 is 0 Å². The molecule has 0 N–H and O–H groups in total. The number of hydrogen-bond acceptors (Lipinski definition) is 2. The molecule has 0 radical (unpaired) electrons. The molecule has 3 heteroatoms. The van der Waals surface area contributed by atoms with E-state index < -0.39 is 0 Å². The Hall–Kier alpha value is -0.570. The maximum Gasteiger partial charge on any atom is 0.0561 e. The molecule has 0 atom stereocenters. The van der Waals surface area contributed by atoms with Crippen LogP contribution in [0.25, 0.3) is 0 Å². The second-order valence-corrected chi connectivity index (χ2v) is 4.93. The Balaban J connectivity index is 1.91. The van der Waals surface area contributed by atoms with Gasteiger partial charge < -0.3 is 4.90 Å². The smallest absolute Gasteiger partial charge is 0.0561 e. The highest BCUT2D eigenvalue weighted by Gasteiger charge is 2.21. The lowest BCUT2D eigenvalue weighted by atomic mass is 10.2. The summed E-state index contributed by atoms with van der Waals surface area (Å²) < 4.78 is 1.05. The quantitative estimate of drug-likeness (QED) is 0.821. The largest absolute Gasteiger partial charge is 0.373 e. The minimum Gasteiger partial charge on any atom is -0.373 e. The van der Waals surface area contributed by atoms with Crippen molar-refractivity contribution >= 4 is 21.6 Å². The van der Waals surface area contributed by atoms with Crippen molar-refractivity contribution in [2.24, 2.45) is 5.92 Å². The zero-order chi connectivity index (χ0) is 9.97. The second-order valence-electron chi connectivity index (χ2n) is 4.01. The predicted octanol–water partition coefficient (Wildman–Crippen LogP) is 3.08. The second kappa shape index (κ2) is 4.30. The summed E-state index contributed by atoms with van der Waals surface area (Å²) in [6, 6.07) is 2.11. The molecule has 1 aromatic heterocycles. The zero-order valence-electron chi connectivity index (χ0n) is 8.41. The van der Waals surface area contributed by atoms with Crippen LogP contribution in [0.5, 0.6) is 0 Å². The van der Waals surface area contributed by atoms with Crippen molar-refractivity contribution in [2.45, 2.75) is 19.3 Å². The van der Waals surface area contributed by atoms with Gasteiger partial charge in [0.15, 0.2) is 0 Å². The highest BCUT2D eigenvalue weighted by Crippen LogP contribution is 2.32. The van der Waals surface area contributed by atoms with Crippen LogP contribution in [0.3, 0.4) is 0 Å². The normalized spacial score (nSPS) is 15.6. The molecule has 1 aromatic rings. The van der Waals surface area contributed by atoms with E-state index in [1.54, 1.807) is 0 Å². The van der Waals surface area contributed by atoms with Crippen LogP contribution in [-0.2, 0) is 0 Å². The van der Waals surface area contributed by atoms with Crippen molar-refractivity contribution in [1.29, 1.82) is 0 Å². The van der Waals surface area contributed by atoms with Crippen LogP contribution in [0.1, 0.15) is 19.3 Å². The average Bonchev–Trinajstić information content (AvgIpc) is 2.97. The van der Waals surface area contributed by atoms with E-state index in [1.807, 2.05) is 12.4 Å².